The molecule has 1 saturated heterocycles. The predicted octanol–water partition coefficient (Wildman–Crippen LogP) is 3.36. The van der Waals surface area contributed by atoms with E-state index < -0.39 is 0 Å². The summed E-state index contributed by atoms with van der Waals surface area (Å²) in [5.41, 5.74) is 2.55. The van der Waals surface area contributed by atoms with Crippen LogP contribution < -0.4 is 0 Å². The maximum absolute atomic E-state index is 12.8. The lowest BCUT2D eigenvalue weighted by Gasteiger charge is -2.23. The summed E-state index contributed by atoms with van der Waals surface area (Å²) in [6.45, 7) is 2.68. The van der Waals surface area contributed by atoms with E-state index >= 15 is 0 Å². The Morgan fingerprint density at radius 1 is 1.07 bits per heavy atom. The average molecular weight is 362 g/mol. The molecule has 6 heteroatoms. The number of nitrogens with zero attached hydrogens (tertiary/aromatic N) is 4. The fourth-order valence-electron chi connectivity index (χ4n) is 3.67. The topological polar surface area (TPSA) is 67.6 Å². The summed E-state index contributed by atoms with van der Waals surface area (Å²) in [6.07, 6.45) is 4.18. The van der Waals surface area contributed by atoms with E-state index in [0.717, 1.165) is 29.9 Å². The molecule has 3 heterocycles. The number of carbonyl (C=O) groups excluding carboxylic acids is 2. The maximum Gasteiger partial charge on any atom is 0.223 e. The summed E-state index contributed by atoms with van der Waals surface area (Å²) in [7, 11) is 0. The molecule has 1 amide bonds. The molecule has 1 fully saturated rings. The van der Waals surface area contributed by atoms with E-state index in [1.807, 2.05) is 64.9 Å². The van der Waals surface area contributed by atoms with Crippen LogP contribution in [0.15, 0.2) is 48.7 Å². The van der Waals surface area contributed by atoms with Gasteiger partial charge < -0.3 is 4.90 Å². The molecule has 0 spiro atoms. The third-order valence-electron chi connectivity index (χ3n) is 5.15. The Kier molecular flexibility index (Phi) is 4.71. The Morgan fingerprint density at radius 3 is 2.70 bits per heavy atom. The van der Waals surface area contributed by atoms with E-state index in [2.05, 4.69) is 10.2 Å². The average Bonchev–Trinajstić information content (AvgIpc) is 3.33. The highest BCUT2D eigenvalue weighted by atomic mass is 16.2. The summed E-state index contributed by atoms with van der Waals surface area (Å²) in [4.78, 5) is 27.0. The zero-order valence-corrected chi connectivity index (χ0v) is 15.3. The second-order valence-corrected chi connectivity index (χ2v) is 7.02. The van der Waals surface area contributed by atoms with Gasteiger partial charge >= 0.3 is 0 Å². The van der Waals surface area contributed by atoms with Crippen molar-refractivity contribution >= 4 is 17.3 Å². The molecule has 0 aliphatic carbocycles. The molecule has 1 atom stereocenters. The lowest BCUT2D eigenvalue weighted by molar-refractivity contribution is -0.132. The molecule has 1 aliphatic heterocycles. The number of fused-ring (bicyclic) bond motifs is 1. The minimum absolute atomic E-state index is 0.00522. The first kappa shape index (κ1) is 17.4. The second kappa shape index (κ2) is 7.31. The van der Waals surface area contributed by atoms with Crippen molar-refractivity contribution in [1.29, 1.82) is 0 Å². The van der Waals surface area contributed by atoms with E-state index in [0.29, 0.717) is 12.1 Å². The summed E-state index contributed by atoms with van der Waals surface area (Å²) in [5, 5.41) is 8.51. The summed E-state index contributed by atoms with van der Waals surface area (Å²) in [5.74, 6) is 0.805. The zero-order chi connectivity index (χ0) is 18.8. The van der Waals surface area contributed by atoms with Gasteiger partial charge in [0.2, 0.25) is 5.91 Å². The van der Waals surface area contributed by atoms with Gasteiger partial charge in [0.15, 0.2) is 17.3 Å². The number of amides is 1. The largest absolute Gasteiger partial charge is 0.332 e. The van der Waals surface area contributed by atoms with Gasteiger partial charge in [0.1, 0.15) is 0 Å². The first-order valence-electron chi connectivity index (χ1n) is 9.32. The monoisotopic (exact) mass is 362 g/mol. The van der Waals surface area contributed by atoms with Crippen LogP contribution >= 0.6 is 0 Å². The number of benzene rings is 1. The Balaban J connectivity index is 1.45. The molecule has 27 heavy (non-hydrogen) atoms. The molecule has 4 rings (SSSR count). The molecule has 6 nitrogen and oxygen atoms in total. The smallest absolute Gasteiger partial charge is 0.223 e. The van der Waals surface area contributed by atoms with E-state index in [4.69, 9.17) is 0 Å². The summed E-state index contributed by atoms with van der Waals surface area (Å²) < 4.78 is 1.94. The number of hydrogen-bond donors (Lipinski definition) is 0. The molecular weight excluding hydrogens is 340 g/mol. The van der Waals surface area contributed by atoms with Crippen LogP contribution in [0.2, 0.25) is 0 Å². The van der Waals surface area contributed by atoms with Gasteiger partial charge in [-0.3, -0.25) is 14.0 Å². The maximum atomic E-state index is 12.8. The van der Waals surface area contributed by atoms with Gasteiger partial charge in [0.05, 0.1) is 6.04 Å². The predicted molar refractivity (Wildman–Crippen MR) is 101 cm³/mol. The van der Waals surface area contributed by atoms with Crippen molar-refractivity contribution in [2.75, 3.05) is 6.54 Å². The Bertz CT molecular complexity index is 977. The molecule has 2 aromatic heterocycles. The summed E-state index contributed by atoms with van der Waals surface area (Å²) in [6, 6.07) is 13.2. The zero-order valence-electron chi connectivity index (χ0n) is 15.3. The number of rotatable bonds is 5. The number of aryl methyl sites for hydroxylation is 1. The lowest BCUT2D eigenvalue weighted by Crippen LogP contribution is -2.31. The van der Waals surface area contributed by atoms with Gasteiger partial charge in [-0.05, 0) is 31.9 Å². The SMILES string of the molecule is Cc1ccc(C(=O)CCC(=O)N2CCCC2c2nnc3ccccn23)cc1. The van der Waals surface area contributed by atoms with Crippen LogP contribution in [-0.4, -0.2) is 37.7 Å². The van der Waals surface area contributed by atoms with Crippen LogP contribution in [0.1, 0.15) is 53.5 Å². The number of pyridine rings is 1. The van der Waals surface area contributed by atoms with Crippen molar-refractivity contribution in [3.8, 4) is 0 Å². The molecule has 3 aromatic rings. The number of aromatic nitrogens is 3. The Hall–Kier alpha value is -3.02. The van der Waals surface area contributed by atoms with Crippen molar-refractivity contribution in [3.05, 3.63) is 65.6 Å². The van der Waals surface area contributed by atoms with E-state index in [-0.39, 0.29) is 30.6 Å². The molecule has 138 valence electrons. The van der Waals surface area contributed by atoms with Crippen LogP contribution in [0.25, 0.3) is 5.65 Å². The van der Waals surface area contributed by atoms with Gasteiger partial charge in [0.25, 0.3) is 0 Å². The third kappa shape index (κ3) is 3.47. The fraction of sp³-hybridized carbons (Fsp3) is 0.333. The minimum Gasteiger partial charge on any atom is -0.332 e. The number of hydrogen-bond acceptors (Lipinski definition) is 4. The van der Waals surface area contributed by atoms with Crippen molar-refractivity contribution in [3.63, 3.8) is 0 Å². The Labute approximate surface area is 157 Å². The van der Waals surface area contributed by atoms with Gasteiger partial charge in [-0.15, -0.1) is 10.2 Å². The van der Waals surface area contributed by atoms with Crippen molar-refractivity contribution in [1.82, 2.24) is 19.5 Å². The highest BCUT2D eigenvalue weighted by molar-refractivity contribution is 5.98. The second-order valence-electron chi connectivity index (χ2n) is 7.02. The van der Waals surface area contributed by atoms with E-state index in [1.54, 1.807) is 0 Å². The minimum atomic E-state index is -0.0793. The van der Waals surface area contributed by atoms with Crippen LogP contribution in [0.3, 0.4) is 0 Å². The lowest BCUT2D eigenvalue weighted by atomic mass is 10.0. The van der Waals surface area contributed by atoms with Crippen LogP contribution in [0.4, 0.5) is 0 Å². The van der Waals surface area contributed by atoms with Gasteiger partial charge in [-0.25, -0.2) is 0 Å². The number of ketones is 1. The highest BCUT2D eigenvalue weighted by Crippen LogP contribution is 2.31. The molecule has 1 aliphatic rings. The first-order chi connectivity index (χ1) is 13.1. The third-order valence-corrected chi connectivity index (χ3v) is 5.15. The van der Waals surface area contributed by atoms with Crippen molar-refractivity contribution in [2.45, 2.75) is 38.6 Å². The van der Waals surface area contributed by atoms with Crippen LogP contribution in [0.5, 0.6) is 0 Å². The van der Waals surface area contributed by atoms with Crippen LogP contribution in [0, 0.1) is 6.92 Å². The number of carbonyl (C=O) groups is 2. The van der Waals surface area contributed by atoms with Gasteiger partial charge in [-0.1, -0.05) is 35.9 Å². The van der Waals surface area contributed by atoms with Gasteiger partial charge in [-0.2, -0.15) is 0 Å². The molecule has 0 N–H and O–H groups in total. The van der Waals surface area contributed by atoms with Crippen LogP contribution in [-0.2, 0) is 4.79 Å². The van der Waals surface area contributed by atoms with E-state index in [9.17, 15) is 9.59 Å². The van der Waals surface area contributed by atoms with Crippen molar-refractivity contribution < 1.29 is 9.59 Å². The number of likely N-dealkylation sites (tertiary alicyclic amines) is 1. The highest BCUT2D eigenvalue weighted by Gasteiger charge is 2.33. The molecular formula is C21H22N4O2. The van der Waals surface area contributed by atoms with Gasteiger partial charge in [0, 0.05) is 31.1 Å². The molecule has 1 unspecified atom stereocenters. The molecule has 0 radical (unpaired) electrons. The molecule has 0 saturated carbocycles. The quantitative estimate of drug-likeness (QED) is 0.653. The summed E-state index contributed by atoms with van der Waals surface area (Å²) >= 11 is 0. The fourth-order valence-corrected chi connectivity index (χ4v) is 3.67. The Morgan fingerprint density at radius 2 is 1.89 bits per heavy atom. The normalized spacial score (nSPS) is 16.8. The van der Waals surface area contributed by atoms with E-state index in [1.165, 1.54) is 0 Å². The molecule has 1 aromatic carbocycles. The number of Topliss-reactive ketones (excluding diaryl/α,β-unsaturated/α-hetero) is 1. The molecule has 0 bridgehead atoms. The standard InChI is InChI=1S/C21H22N4O2/c1-15-7-9-16(10-8-15)18(26)11-12-20(27)24-14-4-5-17(24)21-23-22-19-6-2-3-13-25(19)21/h2-3,6-10,13,17H,4-5,11-12,14H2,1H3. The van der Waals surface area contributed by atoms with Crippen molar-refractivity contribution in [2.24, 2.45) is 0 Å². The first-order valence-corrected chi connectivity index (χ1v) is 9.32.